The zero-order chi connectivity index (χ0) is 18.9. The van der Waals surface area contributed by atoms with Crippen molar-refractivity contribution >= 4 is 11.6 Å². The molecule has 0 bridgehead atoms. The van der Waals surface area contributed by atoms with E-state index in [9.17, 15) is 4.79 Å². The normalized spacial score (nSPS) is 13.6. The smallest absolute Gasteiger partial charge is 0.220 e. The van der Waals surface area contributed by atoms with E-state index < -0.39 is 0 Å². The van der Waals surface area contributed by atoms with E-state index >= 15 is 0 Å². The van der Waals surface area contributed by atoms with E-state index in [2.05, 4.69) is 34.5 Å². The van der Waals surface area contributed by atoms with Crippen LogP contribution in [0.5, 0.6) is 5.75 Å². The molecule has 1 aliphatic rings. The van der Waals surface area contributed by atoms with Gasteiger partial charge < -0.3 is 15.0 Å². The van der Waals surface area contributed by atoms with Crippen LogP contribution < -0.4 is 15.0 Å². The molecule has 3 rings (SSSR count). The van der Waals surface area contributed by atoms with Crippen molar-refractivity contribution < 1.29 is 9.53 Å². The summed E-state index contributed by atoms with van der Waals surface area (Å²) in [5.41, 5.74) is 3.83. The van der Waals surface area contributed by atoms with Crippen molar-refractivity contribution in [1.82, 2.24) is 5.32 Å². The first-order valence-corrected chi connectivity index (χ1v) is 9.98. The Hall–Kier alpha value is -2.49. The van der Waals surface area contributed by atoms with Crippen LogP contribution in [0.1, 0.15) is 36.8 Å². The first-order chi connectivity index (χ1) is 13.2. The number of amides is 1. The predicted octanol–water partition coefficient (Wildman–Crippen LogP) is 3.98. The van der Waals surface area contributed by atoms with Crippen LogP contribution in [-0.2, 0) is 17.6 Å². The topological polar surface area (TPSA) is 41.6 Å². The van der Waals surface area contributed by atoms with Gasteiger partial charge in [-0.15, -0.1) is 0 Å². The summed E-state index contributed by atoms with van der Waals surface area (Å²) in [5, 5.41) is 3.03. The van der Waals surface area contributed by atoms with Gasteiger partial charge in [-0.3, -0.25) is 4.79 Å². The van der Waals surface area contributed by atoms with Crippen LogP contribution in [0.3, 0.4) is 0 Å². The number of nitrogens with one attached hydrogen (secondary N) is 1. The van der Waals surface area contributed by atoms with E-state index in [-0.39, 0.29) is 5.91 Å². The van der Waals surface area contributed by atoms with Crippen molar-refractivity contribution in [3.05, 3.63) is 59.7 Å². The maximum atomic E-state index is 12.0. The zero-order valence-corrected chi connectivity index (χ0v) is 16.2. The third-order valence-corrected chi connectivity index (χ3v) is 5.17. The van der Waals surface area contributed by atoms with Gasteiger partial charge in [-0.25, -0.2) is 0 Å². The van der Waals surface area contributed by atoms with Crippen molar-refractivity contribution in [2.75, 3.05) is 31.6 Å². The summed E-state index contributed by atoms with van der Waals surface area (Å²) in [6, 6.07) is 16.8. The van der Waals surface area contributed by atoms with Crippen molar-refractivity contribution in [3.63, 3.8) is 0 Å². The number of hydrogen-bond acceptors (Lipinski definition) is 3. The van der Waals surface area contributed by atoms with Crippen LogP contribution in [0, 0.1) is 0 Å². The number of carbonyl (C=O) groups is 1. The first-order valence-electron chi connectivity index (χ1n) is 9.98. The Bertz CT molecular complexity index is 704. The highest BCUT2D eigenvalue weighted by Crippen LogP contribution is 2.20. The molecule has 1 saturated heterocycles. The number of hydrogen-bond donors (Lipinski definition) is 1. The van der Waals surface area contributed by atoms with E-state index in [1.54, 1.807) is 7.11 Å². The fraction of sp³-hybridized carbons (Fsp3) is 0.435. The minimum absolute atomic E-state index is 0.121. The minimum Gasteiger partial charge on any atom is -0.497 e. The maximum absolute atomic E-state index is 12.0. The second-order valence-corrected chi connectivity index (χ2v) is 7.16. The van der Waals surface area contributed by atoms with Crippen LogP contribution in [0.25, 0.3) is 0 Å². The average Bonchev–Trinajstić information content (AvgIpc) is 3.25. The van der Waals surface area contributed by atoms with Crippen molar-refractivity contribution in [2.24, 2.45) is 0 Å². The van der Waals surface area contributed by atoms with Gasteiger partial charge in [-0.2, -0.15) is 0 Å². The molecule has 4 nitrogen and oxygen atoms in total. The Morgan fingerprint density at radius 3 is 2.26 bits per heavy atom. The first kappa shape index (κ1) is 19.3. The highest BCUT2D eigenvalue weighted by atomic mass is 16.5. The van der Waals surface area contributed by atoms with E-state index in [4.69, 9.17) is 4.74 Å². The fourth-order valence-electron chi connectivity index (χ4n) is 3.51. The van der Waals surface area contributed by atoms with Gasteiger partial charge in [0.05, 0.1) is 7.11 Å². The Balaban J connectivity index is 1.31. The third kappa shape index (κ3) is 6.02. The Morgan fingerprint density at radius 1 is 0.963 bits per heavy atom. The monoisotopic (exact) mass is 366 g/mol. The molecule has 0 aromatic heterocycles. The minimum atomic E-state index is 0.121. The summed E-state index contributed by atoms with van der Waals surface area (Å²) in [4.78, 5) is 14.5. The molecular formula is C23H30N2O2. The Labute approximate surface area is 162 Å². The van der Waals surface area contributed by atoms with Crippen LogP contribution >= 0.6 is 0 Å². The SMILES string of the molecule is COc1ccc(CCC(=O)NCCCc2ccc(N3CCCC3)cc2)cc1. The molecule has 1 aliphatic heterocycles. The highest BCUT2D eigenvalue weighted by molar-refractivity contribution is 5.76. The number of anilines is 1. The molecule has 0 unspecified atom stereocenters. The lowest BCUT2D eigenvalue weighted by molar-refractivity contribution is -0.121. The summed E-state index contributed by atoms with van der Waals surface area (Å²) in [6.07, 6.45) is 5.86. The molecule has 1 amide bonds. The van der Waals surface area contributed by atoms with Crippen molar-refractivity contribution in [3.8, 4) is 5.75 Å². The fourth-order valence-corrected chi connectivity index (χ4v) is 3.51. The number of ether oxygens (including phenoxy) is 1. The molecule has 1 N–H and O–H groups in total. The number of rotatable bonds is 9. The molecule has 1 fully saturated rings. The predicted molar refractivity (Wildman–Crippen MR) is 111 cm³/mol. The van der Waals surface area contributed by atoms with E-state index in [0.29, 0.717) is 6.42 Å². The molecule has 0 spiro atoms. The molecule has 2 aromatic rings. The molecule has 4 heteroatoms. The van der Waals surface area contributed by atoms with Crippen LogP contribution in [0.15, 0.2) is 48.5 Å². The van der Waals surface area contributed by atoms with E-state index in [1.807, 2.05) is 24.3 Å². The largest absolute Gasteiger partial charge is 0.497 e. The Kier molecular flexibility index (Phi) is 7.14. The van der Waals surface area contributed by atoms with Crippen LogP contribution in [-0.4, -0.2) is 32.7 Å². The lowest BCUT2D eigenvalue weighted by Crippen LogP contribution is -2.25. The van der Waals surface area contributed by atoms with Gasteiger partial charge in [0.2, 0.25) is 5.91 Å². The van der Waals surface area contributed by atoms with Crippen molar-refractivity contribution in [2.45, 2.75) is 38.5 Å². The quantitative estimate of drug-likeness (QED) is 0.683. The maximum Gasteiger partial charge on any atom is 0.220 e. The third-order valence-electron chi connectivity index (χ3n) is 5.17. The summed E-state index contributed by atoms with van der Waals surface area (Å²) in [5.74, 6) is 0.965. The van der Waals surface area contributed by atoms with Gasteiger partial charge in [0.25, 0.3) is 0 Å². The van der Waals surface area contributed by atoms with Crippen LogP contribution in [0.4, 0.5) is 5.69 Å². The molecule has 1 heterocycles. The second kappa shape index (κ2) is 10.0. The average molecular weight is 367 g/mol. The molecular weight excluding hydrogens is 336 g/mol. The summed E-state index contributed by atoms with van der Waals surface area (Å²) >= 11 is 0. The van der Waals surface area contributed by atoms with Gasteiger partial charge in [0.15, 0.2) is 0 Å². The van der Waals surface area contributed by atoms with Gasteiger partial charge in [0.1, 0.15) is 5.75 Å². The van der Waals surface area contributed by atoms with Crippen LogP contribution in [0.2, 0.25) is 0 Å². The summed E-state index contributed by atoms with van der Waals surface area (Å²) in [7, 11) is 1.66. The second-order valence-electron chi connectivity index (χ2n) is 7.16. The van der Waals surface area contributed by atoms with Crippen molar-refractivity contribution in [1.29, 1.82) is 0 Å². The molecule has 0 saturated carbocycles. The zero-order valence-electron chi connectivity index (χ0n) is 16.2. The standard InChI is InChI=1S/C23H30N2O2/c1-27-22-13-8-20(9-14-22)10-15-23(26)24-16-4-5-19-6-11-21(12-7-19)25-17-2-3-18-25/h6-9,11-14H,2-5,10,15-18H2,1H3,(H,24,26). The molecule has 27 heavy (non-hydrogen) atoms. The number of aryl methyl sites for hydroxylation is 2. The molecule has 2 aromatic carbocycles. The highest BCUT2D eigenvalue weighted by Gasteiger charge is 2.11. The number of nitrogens with zero attached hydrogens (tertiary/aromatic N) is 1. The molecule has 0 atom stereocenters. The molecule has 0 aliphatic carbocycles. The van der Waals surface area contributed by atoms with E-state index in [0.717, 1.165) is 37.1 Å². The molecule has 0 radical (unpaired) electrons. The summed E-state index contributed by atoms with van der Waals surface area (Å²) in [6.45, 7) is 3.10. The number of methoxy groups -OCH3 is 1. The number of benzene rings is 2. The lowest BCUT2D eigenvalue weighted by atomic mass is 10.1. The van der Waals surface area contributed by atoms with E-state index in [1.165, 1.54) is 37.2 Å². The van der Waals surface area contributed by atoms with Gasteiger partial charge in [-0.1, -0.05) is 24.3 Å². The molecule has 144 valence electrons. The lowest BCUT2D eigenvalue weighted by Gasteiger charge is -2.17. The van der Waals surface area contributed by atoms with Gasteiger partial charge in [-0.05, 0) is 67.5 Å². The summed E-state index contributed by atoms with van der Waals surface area (Å²) < 4.78 is 5.15. The van der Waals surface area contributed by atoms with Gasteiger partial charge in [0, 0.05) is 31.7 Å². The Morgan fingerprint density at radius 2 is 1.59 bits per heavy atom. The van der Waals surface area contributed by atoms with Gasteiger partial charge >= 0.3 is 0 Å². The number of carbonyl (C=O) groups excluding carboxylic acids is 1.